The fourth-order valence-electron chi connectivity index (χ4n) is 3.57. The first kappa shape index (κ1) is 19.6. The number of benzene rings is 1. The Morgan fingerprint density at radius 1 is 1.16 bits per heavy atom. The number of nitrogens with two attached hydrogens (primary N) is 2. The van der Waals surface area contributed by atoms with Crippen molar-refractivity contribution in [3.63, 3.8) is 0 Å². The van der Waals surface area contributed by atoms with Crippen LogP contribution in [0.25, 0.3) is 16.7 Å². The molecule has 4 aromatic rings. The lowest BCUT2D eigenvalue weighted by Crippen LogP contribution is -2.30. The minimum absolute atomic E-state index is 0.0110. The Bertz CT molecular complexity index is 1350. The molecule has 1 saturated carbocycles. The predicted molar refractivity (Wildman–Crippen MR) is 119 cm³/mol. The second kappa shape index (κ2) is 7.40. The molecular formula is C19H17Cl2N9O. The number of H-pyrrole nitrogens is 1. The molecule has 1 atom stereocenters. The average Bonchev–Trinajstić information content (AvgIpc) is 3.43. The van der Waals surface area contributed by atoms with Crippen LogP contribution in [-0.4, -0.2) is 29.7 Å². The molecule has 1 aliphatic carbocycles. The van der Waals surface area contributed by atoms with Gasteiger partial charge >= 0.3 is 0 Å². The molecule has 0 radical (unpaired) electrons. The van der Waals surface area contributed by atoms with Gasteiger partial charge in [0.1, 0.15) is 22.5 Å². The molecule has 3 heterocycles. The molecule has 0 spiro atoms. The molecule has 10 nitrogen and oxygen atoms in total. The number of anilines is 3. The van der Waals surface area contributed by atoms with Gasteiger partial charge in [0.2, 0.25) is 5.95 Å². The number of fused-ring (bicyclic) bond motifs is 1. The van der Waals surface area contributed by atoms with E-state index in [4.69, 9.17) is 39.7 Å². The first-order chi connectivity index (χ1) is 14.9. The third-order valence-electron chi connectivity index (χ3n) is 5.16. The van der Waals surface area contributed by atoms with Crippen molar-refractivity contribution in [1.82, 2.24) is 29.7 Å². The van der Waals surface area contributed by atoms with Crippen LogP contribution in [0.2, 0.25) is 10.0 Å². The van der Waals surface area contributed by atoms with Crippen LogP contribution >= 0.6 is 23.2 Å². The van der Waals surface area contributed by atoms with Crippen molar-refractivity contribution in [3.05, 3.63) is 56.7 Å². The molecule has 12 heteroatoms. The lowest BCUT2D eigenvalue weighted by atomic mass is 10.1. The molecule has 158 valence electrons. The van der Waals surface area contributed by atoms with Gasteiger partial charge in [-0.3, -0.25) is 9.89 Å². The Kier molecular flexibility index (Phi) is 4.67. The highest BCUT2D eigenvalue weighted by molar-refractivity contribution is 6.35. The quantitative estimate of drug-likeness (QED) is 0.356. The molecule has 0 saturated heterocycles. The second-order valence-corrected chi connectivity index (χ2v) is 8.06. The summed E-state index contributed by atoms with van der Waals surface area (Å²) in [5.41, 5.74) is 11.8. The third-order valence-corrected chi connectivity index (χ3v) is 5.85. The van der Waals surface area contributed by atoms with Gasteiger partial charge in [-0.2, -0.15) is 15.1 Å². The predicted octanol–water partition coefficient (Wildman–Crippen LogP) is 2.93. The second-order valence-electron chi connectivity index (χ2n) is 7.28. The number of aromatic nitrogens is 6. The maximum absolute atomic E-state index is 13.5. The van der Waals surface area contributed by atoms with E-state index in [0.29, 0.717) is 27.6 Å². The molecule has 6 N–H and O–H groups in total. The third kappa shape index (κ3) is 3.43. The normalized spacial score (nSPS) is 14.6. The molecule has 3 aromatic heterocycles. The van der Waals surface area contributed by atoms with E-state index >= 15 is 0 Å². The summed E-state index contributed by atoms with van der Waals surface area (Å²) in [7, 11) is 0. The topological polar surface area (TPSA) is 153 Å². The number of nitrogens with zero attached hydrogens (tertiary/aromatic N) is 5. The van der Waals surface area contributed by atoms with E-state index in [0.717, 1.165) is 12.8 Å². The first-order valence-corrected chi connectivity index (χ1v) is 10.3. The van der Waals surface area contributed by atoms with Gasteiger partial charge in [-0.25, -0.2) is 9.55 Å². The van der Waals surface area contributed by atoms with Crippen LogP contribution in [0.1, 0.15) is 24.7 Å². The Hall–Kier alpha value is -3.37. The van der Waals surface area contributed by atoms with Crippen LogP contribution in [0.3, 0.4) is 0 Å². The molecule has 5 rings (SSSR count). The van der Waals surface area contributed by atoms with Crippen LogP contribution in [0.5, 0.6) is 0 Å². The van der Waals surface area contributed by atoms with E-state index in [1.807, 2.05) is 0 Å². The van der Waals surface area contributed by atoms with Crippen LogP contribution in [0.4, 0.5) is 17.6 Å². The van der Waals surface area contributed by atoms with Crippen LogP contribution < -0.4 is 22.3 Å². The van der Waals surface area contributed by atoms with E-state index < -0.39 is 6.04 Å². The summed E-state index contributed by atoms with van der Waals surface area (Å²) < 4.78 is 1.47. The largest absolute Gasteiger partial charge is 0.382 e. The highest BCUT2D eigenvalue weighted by atomic mass is 35.5. The molecule has 1 aromatic carbocycles. The van der Waals surface area contributed by atoms with Crippen molar-refractivity contribution >= 4 is 51.7 Å². The molecule has 0 bridgehead atoms. The van der Waals surface area contributed by atoms with Gasteiger partial charge in [0, 0.05) is 6.07 Å². The van der Waals surface area contributed by atoms with Crippen LogP contribution in [0.15, 0.2) is 35.3 Å². The van der Waals surface area contributed by atoms with Crippen molar-refractivity contribution in [3.8, 4) is 5.82 Å². The van der Waals surface area contributed by atoms with Gasteiger partial charge < -0.3 is 16.8 Å². The summed E-state index contributed by atoms with van der Waals surface area (Å²) >= 11 is 12.6. The van der Waals surface area contributed by atoms with Crippen molar-refractivity contribution in [1.29, 1.82) is 0 Å². The van der Waals surface area contributed by atoms with Crippen molar-refractivity contribution in [2.45, 2.75) is 18.9 Å². The first-order valence-electron chi connectivity index (χ1n) is 9.50. The number of nitrogen functional groups attached to an aromatic ring is 2. The standard InChI is InChI=1S/C19H17Cl2N9O/c20-9-2-1-3-10-12(9)18(31)30(11-6-7-24-29-11)17(25-10)14(8-4-5-8)26-16-13(21)15(22)27-19(23)28-16/h1-3,6-8,14H,4-5H2,(H,24,29)(H5,22,23,26,27,28)/t14-/m0/s1. The van der Waals surface area contributed by atoms with Gasteiger partial charge in [0.05, 0.1) is 28.2 Å². The molecule has 0 unspecified atom stereocenters. The van der Waals surface area contributed by atoms with Gasteiger partial charge in [-0.15, -0.1) is 0 Å². The van der Waals surface area contributed by atoms with E-state index in [1.54, 1.807) is 30.5 Å². The van der Waals surface area contributed by atoms with Crippen LogP contribution in [-0.2, 0) is 0 Å². The Morgan fingerprint density at radius 2 is 1.97 bits per heavy atom. The minimum atomic E-state index is -0.398. The SMILES string of the molecule is Nc1nc(N)c(Cl)c(N[C@H](c2nc3cccc(Cl)c3c(=O)n2-c2ccn[nH]2)C2CC2)n1. The highest BCUT2D eigenvalue weighted by Gasteiger charge is 2.37. The van der Waals surface area contributed by atoms with Crippen molar-refractivity contribution < 1.29 is 0 Å². The average molecular weight is 458 g/mol. The number of halogens is 2. The number of aromatic amines is 1. The molecule has 0 amide bonds. The van der Waals surface area contributed by atoms with E-state index in [2.05, 4.69) is 25.5 Å². The van der Waals surface area contributed by atoms with Gasteiger partial charge in [0.25, 0.3) is 5.56 Å². The van der Waals surface area contributed by atoms with E-state index in [1.165, 1.54) is 4.57 Å². The zero-order valence-corrected chi connectivity index (χ0v) is 17.5. The lowest BCUT2D eigenvalue weighted by molar-refractivity contribution is 0.605. The summed E-state index contributed by atoms with van der Waals surface area (Å²) in [5, 5.41) is 10.9. The maximum Gasteiger partial charge on any atom is 0.268 e. The zero-order valence-electron chi connectivity index (χ0n) is 16.0. The monoisotopic (exact) mass is 457 g/mol. The molecule has 0 aliphatic heterocycles. The maximum atomic E-state index is 13.5. The van der Waals surface area contributed by atoms with Crippen LogP contribution in [0, 0.1) is 5.92 Å². The molecule has 1 fully saturated rings. The van der Waals surface area contributed by atoms with E-state index in [-0.39, 0.29) is 34.1 Å². The van der Waals surface area contributed by atoms with Crippen molar-refractivity contribution in [2.24, 2.45) is 5.92 Å². The van der Waals surface area contributed by atoms with Gasteiger partial charge in [-0.05, 0) is 30.9 Å². The smallest absolute Gasteiger partial charge is 0.268 e. The van der Waals surface area contributed by atoms with Gasteiger partial charge in [-0.1, -0.05) is 29.3 Å². The Labute approximate surface area is 185 Å². The number of rotatable bonds is 5. The number of hydrogen-bond donors (Lipinski definition) is 4. The summed E-state index contributed by atoms with van der Waals surface area (Å²) in [5.74, 6) is 1.47. The zero-order chi connectivity index (χ0) is 21.7. The van der Waals surface area contributed by atoms with Crippen molar-refractivity contribution in [2.75, 3.05) is 16.8 Å². The minimum Gasteiger partial charge on any atom is -0.382 e. The molecular weight excluding hydrogens is 441 g/mol. The highest BCUT2D eigenvalue weighted by Crippen LogP contribution is 2.43. The number of hydrogen-bond acceptors (Lipinski definition) is 8. The Morgan fingerprint density at radius 3 is 2.68 bits per heavy atom. The molecule has 1 aliphatic rings. The summed E-state index contributed by atoms with van der Waals surface area (Å²) in [6.45, 7) is 0. The summed E-state index contributed by atoms with van der Waals surface area (Å²) in [6.07, 6.45) is 3.44. The fourth-order valence-corrected chi connectivity index (χ4v) is 3.96. The fraction of sp³-hybridized carbons (Fsp3) is 0.211. The summed E-state index contributed by atoms with van der Waals surface area (Å²) in [4.78, 5) is 26.4. The number of nitrogens with one attached hydrogen (secondary N) is 2. The Balaban J connectivity index is 1.74. The van der Waals surface area contributed by atoms with E-state index in [9.17, 15) is 4.79 Å². The lowest BCUT2D eigenvalue weighted by Gasteiger charge is -2.23. The summed E-state index contributed by atoms with van der Waals surface area (Å²) in [6, 6.07) is 6.45. The molecule has 31 heavy (non-hydrogen) atoms. The van der Waals surface area contributed by atoms with Gasteiger partial charge in [0.15, 0.2) is 5.82 Å².